The lowest BCUT2D eigenvalue weighted by molar-refractivity contribution is 0.123. The lowest BCUT2D eigenvalue weighted by atomic mass is 9.89. The topological polar surface area (TPSA) is 33.7 Å². The van der Waals surface area contributed by atoms with Crippen LogP contribution in [-0.2, 0) is 0 Å². The molecule has 1 saturated heterocycles. The van der Waals surface area contributed by atoms with Crippen LogP contribution in [0.2, 0.25) is 0 Å². The van der Waals surface area contributed by atoms with Crippen molar-refractivity contribution in [2.45, 2.75) is 26.3 Å². The summed E-state index contributed by atoms with van der Waals surface area (Å²) in [5.74, 6) is 2.45. The second-order valence-electron chi connectivity index (χ2n) is 5.70. The van der Waals surface area contributed by atoms with E-state index in [-0.39, 0.29) is 0 Å². The number of hydrogen-bond donors (Lipinski definition) is 1. The van der Waals surface area contributed by atoms with Crippen LogP contribution in [-0.4, -0.2) is 37.9 Å². The summed E-state index contributed by atoms with van der Waals surface area (Å²) >= 11 is 0. The smallest absolute Gasteiger partial charge is 0.231 e. The van der Waals surface area contributed by atoms with Gasteiger partial charge in [-0.25, -0.2) is 0 Å². The normalized spacial score (nSPS) is 21.7. The molecule has 110 valence electrons. The highest BCUT2D eigenvalue weighted by molar-refractivity contribution is 5.49. The Labute approximate surface area is 121 Å². The lowest BCUT2D eigenvalue weighted by Gasteiger charge is -2.38. The minimum absolute atomic E-state index is 0.348. The number of nitrogens with one attached hydrogen (secondary N) is 1. The van der Waals surface area contributed by atoms with Crippen molar-refractivity contribution in [1.82, 2.24) is 10.2 Å². The fraction of sp³-hybridized carbons (Fsp3) is 0.625. The molecule has 2 aliphatic heterocycles. The van der Waals surface area contributed by atoms with Crippen molar-refractivity contribution < 1.29 is 9.47 Å². The molecular weight excluding hydrogens is 252 g/mol. The van der Waals surface area contributed by atoms with E-state index in [1.807, 2.05) is 6.07 Å². The predicted molar refractivity (Wildman–Crippen MR) is 79.2 cm³/mol. The summed E-state index contributed by atoms with van der Waals surface area (Å²) in [6, 6.07) is 6.70. The van der Waals surface area contributed by atoms with Crippen LogP contribution < -0.4 is 14.8 Å². The Morgan fingerprint density at radius 2 is 2.05 bits per heavy atom. The molecule has 1 aromatic carbocycles. The first-order chi connectivity index (χ1) is 9.81. The molecule has 4 heteroatoms. The van der Waals surface area contributed by atoms with E-state index in [9.17, 15) is 0 Å². The van der Waals surface area contributed by atoms with Gasteiger partial charge in [-0.1, -0.05) is 32.4 Å². The Morgan fingerprint density at radius 3 is 2.80 bits per heavy atom. The number of nitrogens with zero attached hydrogens (tertiary/aromatic N) is 1. The fourth-order valence-corrected chi connectivity index (χ4v) is 3.23. The Morgan fingerprint density at radius 1 is 1.25 bits per heavy atom. The third-order valence-electron chi connectivity index (χ3n) is 4.47. The molecule has 2 atom stereocenters. The van der Waals surface area contributed by atoms with E-state index < -0.39 is 0 Å². The van der Waals surface area contributed by atoms with Crippen LogP contribution in [0.25, 0.3) is 0 Å². The van der Waals surface area contributed by atoms with Crippen molar-refractivity contribution in [3.05, 3.63) is 23.8 Å². The lowest BCUT2D eigenvalue weighted by Crippen LogP contribution is -2.46. The van der Waals surface area contributed by atoms with Crippen LogP contribution in [0.3, 0.4) is 0 Å². The maximum absolute atomic E-state index is 5.73. The SMILES string of the molecule is CCC(C)[C@H](c1cccc2c1OCO2)N1CCNCC1. The molecule has 1 aromatic rings. The van der Waals surface area contributed by atoms with Crippen molar-refractivity contribution in [2.24, 2.45) is 5.92 Å². The fourth-order valence-electron chi connectivity index (χ4n) is 3.23. The Kier molecular flexibility index (Phi) is 4.13. The van der Waals surface area contributed by atoms with Gasteiger partial charge in [-0.15, -0.1) is 0 Å². The van der Waals surface area contributed by atoms with Gasteiger partial charge in [0.2, 0.25) is 6.79 Å². The molecule has 0 aromatic heterocycles. The molecule has 3 rings (SSSR count). The van der Waals surface area contributed by atoms with E-state index in [2.05, 4.69) is 36.2 Å². The highest BCUT2D eigenvalue weighted by Gasteiger charge is 2.31. The van der Waals surface area contributed by atoms with Gasteiger partial charge in [-0.05, 0) is 12.0 Å². The monoisotopic (exact) mass is 276 g/mol. The summed E-state index contributed by atoms with van der Waals surface area (Å²) in [5, 5.41) is 3.43. The highest BCUT2D eigenvalue weighted by atomic mass is 16.7. The zero-order chi connectivity index (χ0) is 13.9. The molecule has 0 saturated carbocycles. The van der Waals surface area contributed by atoms with Gasteiger partial charge in [0.1, 0.15) is 0 Å². The highest BCUT2D eigenvalue weighted by Crippen LogP contribution is 2.43. The first-order valence-corrected chi connectivity index (χ1v) is 7.64. The molecule has 0 bridgehead atoms. The minimum Gasteiger partial charge on any atom is -0.454 e. The van der Waals surface area contributed by atoms with E-state index in [0.29, 0.717) is 18.8 Å². The Bertz CT molecular complexity index is 458. The van der Waals surface area contributed by atoms with Crippen LogP contribution >= 0.6 is 0 Å². The number of piperazine rings is 1. The zero-order valence-corrected chi connectivity index (χ0v) is 12.4. The molecule has 0 aliphatic carbocycles. The number of hydrogen-bond acceptors (Lipinski definition) is 4. The molecular formula is C16H24N2O2. The summed E-state index contributed by atoms with van der Waals surface area (Å²) in [6.45, 7) is 9.28. The minimum atomic E-state index is 0.348. The van der Waals surface area contributed by atoms with Crippen molar-refractivity contribution in [3.8, 4) is 11.5 Å². The van der Waals surface area contributed by atoms with Crippen molar-refractivity contribution in [2.75, 3.05) is 33.0 Å². The maximum Gasteiger partial charge on any atom is 0.231 e. The van der Waals surface area contributed by atoms with Gasteiger partial charge >= 0.3 is 0 Å². The molecule has 20 heavy (non-hydrogen) atoms. The van der Waals surface area contributed by atoms with Crippen LogP contribution in [0.5, 0.6) is 11.5 Å². The average molecular weight is 276 g/mol. The molecule has 2 heterocycles. The predicted octanol–water partition coefficient (Wildman–Crippen LogP) is 2.41. The van der Waals surface area contributed by atoms with Crippen molar-refractivity contribution in [1.29, 1.82) is 0 Å². The number of fused-ring (bicyclic) bond motifs is 1. The van der Waals surface area contributed by atoms with Gasteiger partial charge in [0.25, 0.3) is 0 Å². The van der Waals surface area contributed by atoms with Crippen LogP contribution in [0.4, 0.5) is 0 Å². The van der Waals surface area contributed by atoms with Crippen LogP contribution in [0, 0.1) is 5.92 Å². The van der Waals surface area contributed by atoms with Gasteiger partial charge < -0.3 is 14.8 Å². The van der Waals surface area contributed by atoms with Gasteiger partial charge in [0.15, 0.2) is 11.5 Å². The van der Waals surface area contributed by atoms with Crippen molar-refractivity contribution in [3.63, 3.8) is 0 Å². The summed E-state index contributed by atoms with van der Waals surface area (Å²) < 4.78 is 11.3. The molecule has 0 amide bonds. The van der Waals surface area contributed by atoms with E-state index in [1.54, 1.807) is 0 Å². The molecule has 1 unspecified atom stereocenters. The standard InChI is InChI=1S/C16H24N2O2/c1-3-12(2)15(18-9-7-17-8-10-18)13-5-4-6-14-16(13)20-11-19-14/h4-6,12,15,17H,3,7-11H2,1-2H3/t12?,15-/m1/s1. The third-order valence-corrected chi connectivity index (χ3v) is 4.47. The number of para-hydroxylation sites is 1. The van der Waals surface area contributed by atoms with E-state index in [0.717, 1.165) is 37.7 Å². The molecule has 0 radical (unpaired) electrons. The Hall–Kier alpha value is -1.26. The molecule has 1 fully saturated rings. The molecule has 4 nitrogen and oxygen atoms in total. The second-order valence-corrected chi connectivity index (χ2v) is 5.70. The van der Waals surface area contributed by atoms with E-state index >= 15 is 0 Å². The molecule has 0 spiro atoms. The number of rotatable bonds is 4. The maximum atomic E-state index is 5.73. The van der Waals surface area contributed by atoms with Gasteiger partial charge in [0.05, 0.1) is 0 Å². The quantitative estimate of drug-likeness (QED) is 0.915. The largest absolute Gasteiger partial charge is 0.454 e. The summed E-state index contributed by atoms with van der Waals surface area (Å²) in [4.78, 5) is 2.59. The van der Waals surface area contributed by atoms with Gasteiger partial charge in [0, 0.05) is 37.8 Å². The second kappa shape index (κ2) is 6.02. The van der Waals surface area contributed by atoms with Crippen molar-refractivity contribution >= 4 is 0 Å². The van der Waals surface area contributed by atoms with Gasteiger partial charge in [-0.2, -0.15) is 0 Å². The van der Waals surface area contributed by atoms with Crippen LogP contribution in [0.15, 0.2) is 18.2 Å². The first-order valence-electron chi connectivity index (χ1n) is 7.64. The summed E-state index contributed by atoms with van der Waals surface area (Å²) in [6.07, 6.45) is 1.17. The summed E-state index contributed by atoms with van der Waals surface area (Å²) in [7, 11) is 0. The molecule has 2 aliphatic rings. The summed E-state index contributed by atoms with van der Waals surface area (Å²) in [5.41, 5.74) is 1.29. The Balaban J connectivity index is 1.94. The van der Waals surface area contributed by atoms with Crippen LogP contribution in [0.1, 0.15) is 31.9 Å². The number of ether oxygens (including phenoxy) is 2. The van der Waals surface area contributed by atoms with E-state index in [1.165, 1.54) is 12.0 Å². The first kappa shape index (κ1) is 13.7. The van der Waals surface area contributed by atoms with E-state index in [4.69, 9.17) is 9.47 Å². The molecule has 1 N–H and O–H groups in total. The third kappa shape index (κ3) is 2.50. The number of benzene rings is 1. The van der Waals surface area contributed by atoms with Gasteiger partial charge in [-0.3, -0.25) is 4.90 Å². The zero-order valence-electron chi connectivity index (χ0n) is 12.4. The average Bonchev–Trinajstić information content (AvgIpc) is 2.98.